The van der Waals surface area contributed by atoms with Crippen LogP contribution < -0.4 is 0 Å². The number of aliphatic hydroxyl groups excluding tert-OH is 11. The zero-order valence-corrected chi connectivity index (χ0v) is 37.1. The van der Waals surface area contributed by atoms with Gasteiger partial charge in [-0.25, -0.2) is 0 Å². The molecule has 26 atom stereocenters. The lowest BCUT2D eigenvalue weighted by Crippen LogP contribution is -2.73. The average Bonchev–Trinajstić information content (AvgIpc) is 3.64. The van der Waals surface area contributed by atoms with Gasteiger partial charge in [-0.3, -0.25) is 0 Å². The van der Waals surface area contributed by atoms with Gasteiger partial charge in [-0.15, -0.1) is 0 Å². The highest BCUT2D eigenvalue weighted by Gasteiger charge is 2.76. The van der Waals surface area contributed by atoms with E-state index in [0.29, 0.717) is 38.2 Å². The van der Waals surface area contributed by atoms with Crippen LogP contribution in [0.2, 0.25) is 0 Å². The van der Waals surface area contributed by atoms with Gasteiger partial charge in [0.25, 0.3) is 0 Å². The molecule has 5 aliphatic heterocycles. The summed E-state index contributed by atoms with van der Waals surface area (Å²) >= 11 is 0. The minimum Gasteiger partial charge on any atom is -0.394 e. The zero-order valence-electron chi connectivity index (χ0n) is 37.1. The molecule has 366 valence electrons. The van der Waals surface area contributed by atoms with Crippen molar-refractivity contribution in [3.05, 3.63) is 11.6 Å². The highest BCUT2D eigenvalue weighted by molar-refractivity contribution is 5.29. The summed E-state index contributed by atoms with van der Waals surface area (Å²) in [5, 5.41) is 132. The van der Waals surface area contributed by atoms with Crippen molar-refractivity contribution in [1.82, 2.24) is 0 Å². The molecular weight excluding hydrogens is 844 g/mol. The average molecular weight is 917 g/mol. The van der Waals surface area contributed by atoms with Gasteiger partial charge in [0.15, 0.2) is 18.4 Å². The van der Waals surface area contributed by atoms with Crippen molar-refractivity contribution >= 4 is 0 Å². The molecule has 9 aliphatic rings. The Balaban J connectivity index is 1.05. The lowest BCUT2D eigenvalue weighted by atomic mass is 9.45. The Bertz CT molecular complexity index is 1710. The third-order valence-electron chi connectivity index (χ3n) is 18.4. The summed E-state index contributed by atoms with van der Waals surface area (Å²) in [4.78, 5) is 0. The predicted molar refractivity (Wildman–Crippen MR) is 217 cm³/mol. The topological polar surface area (TPSA) is 307 Å². The monoisotopic (exact) mass is 916 g/mol. The molecule has 12 N–H and O–H groups in total. The van der Waals surface area contributed by atoms with Crippen LogP contribution in [0.1, 0.15) is 85.5 Å². The number of hydrogen-bond acceptors (Lipinski definition) is 19. The summed E-state index contributed by atoms with van der Waals surface area (Å²) in [5.41, 5.74) is -0.800. The van der Waals surface area contributed by atoms with Gasteiger partial charge < -0.3 is 94.4 Å². The number of allylic oxidation sites excluding steroid dienone is 2. The van der Waals surface area contributed by atoms with Crippen LogP contribution in [0.25, 0.3) is 0 Å². The second-order valence-corrected chi connectivity index (χ2v) is 21.4. The van der Waals surface area contributed by atoms with Crippen LogP contribution in [0, 0.1) is 46.3 Å². The maximum absolute atomic E-state index is 12.9. The molecule has 19 nitrogen and oxygen atoms in total. The minimum absolute atomic E-state index is 0.164. The molecule has 3 saturated carbocycles. The van der Waals surface area contributed by atoms with Gasteiger partial charge >= 0.3 is 0 Å². The first-order valence-electron chi connectivity index (χ1n) is 23.6. The molecule has 26 unspecified atom stereocenters. The Kier molecular flexibility index (Phi) is 12.9. The molecule has 0 aromatic carbocycles. The van der Waals surface area contributed by atoms with Gasteiger partial charge in [0, 0.05) is 23.7 Å². The van der Waals surface area contributed by atoms with Crippen molar-refractivity contribution in [3.63, 3.8) is 0 Å². The highest BCUT2D eigenvalue weighted by atomic mass is 16.8. The van der Waals surface area contributed by atoms with Gasteiger partial charge in [-0.05, 0) is 80.5 Å². The Morgan fingerprint density at radius 2 is 1.31 bits per heavy atom. The Morgan fingerprint density at radius 1 is 0.688 bits per heavy atom. The highest BCUT2D eigenvalue weighted by Crippen LogP contribution is 2.72. The van der Waals surface area contributed by atoms with E-state index in [4.69, 9.17) is 33.2 Å². The molecule has 1 spiro atoms. The molecular formula is C45H72O19. The van der Waals surface area contributed by atoms with Gasteiger partial charge in [-0.2, -0.15) is 0 Å². The fourth-order valence-electron chi connectivity index (χ4n) is 14.5. The summed E-state index contributed by atoms with van der Waals surface area (Å²) < 4.78 is 44.2. The molecule has 9 rings (SSSR count). The van der Waals surface area contributed by atoms with Crippen LogP contribution in [0.3, 0.4) is 0 Å². The first-order valence-corrected chi connectivity index (χ1v) is 23.6. The Labute approximate surface area is 372 Å². The molecule has 0 aromatic heterocycles. The van der Waals surface area contributed by atoms with E-state index >= 15 is 0 Å². The number of rotatable bonds is 8. The molecule has 64 heavy (non-hydrogen) atoms. The van der Waals surface area contributed by atoms with Crippen molar-refractivity contribution in [3.8, 4) is 0 Å². The van der Waals surface area contributed by atoms with Gasteiger partial charge in [-0.1, -0.05) is 39.3 Å². The molecule has 0 aromatic rings. The summed E-state index contributed by atoms with van der Waals surface area (Å²) in [5.74, 6) is -3.14. The van der Waals surface area contributed by atoms with Gasteiger partial charge in [0.2, 0.25) is 5.79 Å². The van der Waals surface area contributed by atoms with E-state index in [-0.39, 0.29) is 41.6 Å². The number of fused-ring (bicyclic) bond motifs is 7. The summed E-state index contributed by atoms with van der Waals surface area (Å²) in [7, 11) is 0. The van der Waals surface area contributed by atoms with Crippen LogP contribution in [-0.4, -0.2) is 197 Å². The predicted octanol–water partition coefficient (Wildman–Crippen LogP) is -2.11. The van der Waals surface area contributed by atoms with E-state index in [9.17, 15) is 61.3 Å². The van der Waals surface area contributed by atoms with Crippen LogP contribution >= 0.6 is 0 Å². The SMILES string of the molecule is CC1CCC2(OC1)OC1CC3C4CC=C5CC(C6(OC7OC(CO)C(O)C(O)C7O)OC(CO)C(O)C(O)C6OC6OC(CO)C(O)C(O)C6O)CCC5(C)C4CCC3(C)C1(O)C2C. The summed E-state index contributed by atoms with van der Waals surface area (Å²) in [6, 6.07) is 0. The van der Waals surface area contributed by atoms with Crippen molar-refractivity contribution in [1.29, 1.82) is 0 Å². The third-order valence-corrected chi connectivity index (χ3v) is 18.4. The fourth-order valence-corrected chi connectivity index (χ4v) is 14.5. The van der Waals surface area contributed by atoms with Crippen LogP contribution in [-0.2, 0) is 33.2 Å². The largest absolute Gasteiger partial charge is 0.394 e. The summed E-state index contributed by atoms with van der Waals surface area (Å²) in [6.45, 7) is 6.93. The maximum Gasteiger partial charge on any atom is 0.204 e. The Morgan fingerprint density at radius 3 is 1.94 bits per heavy atom. The number of hydrogen-bond donors (Lipinski definition) is 12. The van der Waals surface area contributed by atoms with Crippen molar-refractivity contribution in [2.24, 2.45) is 46.3 Å². The third kappa shape index (κ3) is 6.93. The molecule has 19 heteroatoms. The van der Waals surface area contributed by atoms with Crippen molar-refractivity contribution < 1.29 is 94.4 Å². The fraction of sp³-hybridized carbons (Fsp3) is 0.956. The lowest BCUT2D eigenvalue weighted by Gasteiger charge is -2.61. The van der Waals surface area contributed by atoms with E-state index < -0.39 is 134 Å². The van der Waals surface area contributed by atoms with E-state index in [1.54, 1.807) is 0 Å². The standard InChI is InChI=1S/C45H72O19/c1-19-7-12-43(58-18-19)20(2)44(57)29(63-43)14-25-23-6-5-21-13-22(8-10-41(21,3)24(23)9-11-42(25,44)4)45(64-40-37(56)34(53)31(50)27(16-47)60-40)38(35(54)32(51)28(17-48)62-45)61-39-36(55)33(52)30(49)26(15-46)59-39/h5,19-20,22-40,46-57H,6-18H2,1-4H3. The molecule has 5 saturated heterocycles. The number of ether oxygens (including phenoxy) is 7. The van der Waals surface area contributed by atoms with E-state index in [0.717, 1.165) is 31.3 Å². The van der Waals surface area contributed by atoms with Crippen molar-refractivity contribution in [2.75, 3.05) is 26.4 Å². The first kappa shape index (κ1) is 48.0. The Hall–Kier alpha value is -1.02. The molecule has 0 bridgehead atoms. The molecule has 0 amide bonds. The molecule has 4 aliphatic carbocycles. The van der Waals surface area contributed by atoms with E-state index in [1.807, 2.05) is 0 Å². The lowest BCUT2D eigenvalue weighted by molar-refractivity contribution is -0.455. The van der Waals surface area contributed by atoms with Crippen LogP contribution in [0.15, 0.2) is 11.6 Å². The minimum atomic E-state index is -2.32. The maximum atomic E-state index is 12.9. The normalized spacial score (nSPS) is 58.6. The van der Waals surface area contributed by atoms with Crippen LogP contribution in [0.5, 0.6) is 0 Å². The van der Waals surface area contributed by atoms with Gasteiger partial charge in [0.1, 0.15) is 78.8 Å². The zero-order chi connectivity index (χ0) is 46.1. The molecule has 8 fully saturated rings. The molecule has 0 radical (unpaired) electrons. The molecule has 5 heterocycles. The quantitative estimate of drug-likeness (QED) is 0.116. The van der Waals surface area contributed by atoms with E-state index in [2.05, 4.69) is 33.8 Å². The van der Waals surface area contributed by atoms with Crippen LogP contribution in [0.4, 0.5) is 0 Å². The van der Waals surface area contributed by atoms with Gasteiger partial charge in [0.05, 0.1) is 32.5 Å². The second-order valence-electron chi connectivity index (χ2n) is 21.4. The summed E-state index contributed by atoms with van der Waals surface area (Å²) in [6.07, 6.45) is -17.3. The smallest absolute Gasteiger partial charge is 0.204 e. The first-order chi connectivity index (χ1) is 30.2. The van der Waals surface area contributed by atoms with E-state index in [1.165, 1.54) is 0 Å². The van der Waals surface area contributed by atoms with Crippen molar-refractivity contribution in [2.45, 2.75) is 195 Å². The number of aliphatic hydroxyl groups is 12. The second kappa shape index (κ2) is 17.1.